The van der Waals surface area contributed by atoms with Crippen molar-refractivity contribution in [3.8, 4) is 0 Å². The number of nitrogens with one attached hydrogen (secondary N) is 1. The van der Waals surface area contributed by atoms with Gasteiger partial charge in [-0.2, -0.15) is 0 Å². The second kappa shape index (κ2) is 6.40. The largest absolute Gasteiger partial charge is 0.321 e. The number of rotatable bonds is 5. The third-order valence-corrected chi connectivity index (χ3v) is 3.78. The van der Waals surface area contributed by atoms with Gasteiger partial charge in [-0.15, -0.1) is 0 Å². The number of carbonyl (C=O) groups excluding carboxylic acids is 1. The summed E-state index contributed by atoms with van der Waals surface area (Å²) < 4.78 is 0. The van der Waals surface area contributed by atoms with Crippen molar-refractivity contribution in [1.82, 2.24) is 10.2 Å². The minimum Gasteiger partial charge on any atom is -0.321 e. The number of benzene rings is 1. The first-order valence-electron chi connectivity index (χ1n) is 7.66. The minimum atomic E-state index is -0.0231. The summed E-state index contributed by atoms with van der Waals surface area (Å²) in [7, 11) is 0. The van der Waals surface area contributed by atoms with Crippen LogP contribution in [-0.4, -0.2) is 23.4 Å². The molecule has 1 N–H and O–H groups in total. The van der Waals surface area contributed by atoms with Crippen LogP contribution in [0.2, 0.25) is 0 Å². The van der Waals surface area contributed by atoms with Crippen molar-refractivity contribution < 1.29 is 4.79 Å². The normalized spacial score (nSPS) is 22.9. The maximum Gasteiger partial charge on any atom is 0.241 e. The first kappa shape index (κ1) is 15.0. The fraction of sp³-hybridized carbons (Fsp3) is 0.588. The van der Waals surface area contributed by atoms with Crippen molar-refractivity contribution in [2.24, 2.45) is 5.92 Å². The first-order chi connectivity index (χ1) is 9.52. The molecule has 1 amide bonds. The van der Waals surface area contributed by atoms with Crippen molar-refractivity contribution in [2.75, 3.05) is 6.54 Å². The molecule has 0 aliphatic carbocycles. The third kappa shape index (κ3) is 3.21. The second-order valence-electron chi connectivity index (χ2n) is 6.21. The Morgan fingerprint density at radius 2 is 1.90 bits per heavy atom. The van der Waals surface area contributed by atoms with Crippen LogP contribution in [0.1, 0.15) is 50.9 Å². The number of nitrogens with zero attached hydrogens (tertiary/aromatic N) is 1. The van der Waals surface area contributed by atoms with Crippen LogP contribution in [0, 0.1) is 12.8 Å². The molecule has 1 aliphatic heterocycles. The van der Waals surface area contributed by atoms with Crippen LogP contribution < -0.4 is 5.32 Å². The van der Waals surface area contributed by atoms with E-state index in [1.54, 1.807) is 0 Å². The number of amides is 1. The van der Waals surface area contributed by atoms with Crippen LogP contribution in [0.25, 0.3) is 0 Å². The number of carbonyl (C=O) groups is 1. The van der Waals surface area contributed by atoms with Crippen molar-refractivity contribution in [1.29, 1.82) is 0 Å². The summed E-state index contributed by atoms with van der Waals surface area (Å²) in [5.74, 6) is 0.736. The fourth-order valence-corrected chi connectivity index (χ4v) is 2.79. The molecule has 3 heteroatoms. The number of hydrogen-bond donors (Lipinski definition) is 1. The molecular formula is C17H26N2O. The molecule has 0 radical (unpaired) electrons. The van der Waals surface area contributed by atoms with Gasteiger partial charge in [0.25, 0.3) is 0 Å². The van der Waals surface area contributed by atoms with E-state index in [2.05, 4.69) is 57.3 Å². The molecule has 1 aliphatic rings. The zero-order chi connectivity index (χ0) is 14.7. The maximum atomic E-state index is 12.5. The molecule has 2 atom stereocenters. The topological polar surface area (TPSA) is 32.3 Å². The zero-order valence-electron chi connectivity index (χ0n) is 13.0. The summed E-state index contributed by atoms with van der Waals surface area (Å²) in [5.41, 5.74) is 2.43. The molecule has 0 spiro atoms. The summed E-state index contributed by atoms with van der Waals surface area (Å²) in [6.45, 7) is 9.34. The quantitative estimate of drug-likeness (QED) is 0.894. The molecule has 20 heavy (non-hydrogen) atoms. The molecule has 3 nitrogen and oxygen atoms in total. The fourth-order valence-electron chi connectivity index (χ4n) is 2.79. The van der Waals surface area contributed by atoms with Crippen LogP contribution in [0.3, 0.4) is 0 Å². The van der Waals surface area contributed by atoms with Gasteiger partial charge in [-0.1, -0.05) is 57.0 Å². The van der Waals surface area contributed by atoms with Gasteiger partial charge < -0.3 is 4.90 Å². The Balaban J connectivity index is 2.23. The summed E-state index contributed by atoms with van der Waals surface area (Å²) in [5, 5.41) is 3.51. The van der Waals surface area contributed by atoms with Gasteiger partial charge in [0.1, 0.15) is 6.17 Å². The van der Waals surface area contributed by atoms with Gasteiger partial charge in [-0.25, -0.2) is 0 Å². The van der Waals surface area contributed by atoms with Crippen LogP contribution in [0.4, 0.5) is 0 Å². The monoisotopic (exact) mass is 274 g/mol. The van der Waals surface area contributed by atoms with E-state index in [-0.39, 0.29) is 18.1 Å². The molecule has 1 fully saturated rings. The molecule has 2 rings (SSSR count). The van der Waals surface area contributed by atoms with Crippen molar-refractivity contribution in [2.45, 2.75) is 52.7 Å². The third-order valence-electron chi connectivity index (χ3n) is 3.78. The van der Waals surface area contributed by atoms with Gasteiger partial charge in [-0.05, 0) is 24.8 Å². The van der Waals surface area contributed by atoms with Gasteiger partial charge in [0, 0.05) is 6.54 Å². The molecule has 110 valence electrons. The van der Waals surface area contributed by atoms with E-state index >= 15 is 0 Å². The molecule has 0 bridgehead atoms. The molecule has 1 heterocycles. The lowest BCUT2D eigenvalue weighted by atomic mass is 10.1. The van der Waals surface area contributed by atoms with Crippen molar-refractivity contribution >= 4 is 5.91 Å². The Hall–Kier alpha value is -1.35. The Kier molecular flexibility index (Phi) is 4.81. The van der Waals surface area contributed by atoms with E-state index in [0.717, 1.165) is 19.4 Å². The Morgan fingerprint density at radius 1 is 1.25 bits per heavy atom. The number of hydrogen-bond acceptors (Lipinski definition) is 2. The average molecular weight is 274 g/mol. The van der Waals surface area contributed by atoms with E-state index in [9.17, 15) is 4.79 Å². The highest BCUT2D eigenvalue weighted by Crippen LogP contribution is 2.28. The van der Waals surface area contributed by atoms with E-state index < -0.39 is 0 Å². The highest BCUT2D eigenvalue weighted by molar-refractivity contribution is 5.84. The van der Waals surface area contributed by atoms with Crippen LogP contribution in [-0.2, 0) is 4.79 Å². The molecule has 1 aromatic carbocycles. The SMILES string of the molecule is CCCC1NC(c2ccc(C)cc2)N(CC(C)C)C1=O. The highest BCUT2D eigenvalue weighted by Gasteiger charge is 2.38. The van der Waals surface area contributed by atoms with E-state index in [1.807, 2.05) is 4.90 Å². The molecule has 1 saturated heterocycles. The lowest BCUT2D eigenvalue weighted by Crippen LogP contribution is -2.34. The van der Waals surface area contributed by atoms with Crippen LogP contribution in [0.5, 0.6) is 0 Å². The van der Waals surface area contributed by atoms with Gasteiger partial charge >= 0.3 is 0 Å². The molecule has 0 saturated carbocycles. The Morgan fingerprint density at radius 3 is 2.45 bits per heavy atom. The van der Waals surface area contributed by atoms with Crippen LogP contribution in [0.15, 0.2) is 24.3 Å². The predicted molar refractivity (Wildman–Crippen MR) is 82.3 cm³/mol. The standard InChI is InChI=1S/C17H26N2O/c1-5-6-15-17(20)19(11-12(2)3)16(18-15)14-9-7-13(4)8-10-14/h7-10,12,15-16,18H,5-6,11H2,1-4H3. The molecular weight excluding hydrogens is 248 g/mol. The van der Waals surface area contributed by atoms with Gasteiger partial charge in [-0.3, -0.25) is 10.1 Å². The van der Waals surface area contributed by atoms with Crippen molar-refractivity contribution in [3.05, 3.63) is 35.4 Å². The van der Waals surface area contributed by atoms with Gasteiger partial charge in [0.2, 0.25) is 5.91 Å². The van der Waals surface area contributed by atoms with Crippen LogP contribution >= 0.6 is 0 Å². The average Bonchev–Trinajstić information content (AvgIpc) is 2.69. The molecule has 2 unspecified atom stereocenters. The smallest absolute Gasteiger partial charge is 0.241 e. The second-order valence-corrected chi connectivity index (χ2v) is 6.21. The van der Waals surface area contributed by atoms with Gasteiger partial charge in [0.05, 0.1) is 6.04 Å². The summed E-state index contributed by atoms with van der Waals surface area (Å²) >= 11 is 0. The maximum absolute atomic E-state index is 12.5. The molecule has 1 aromatic rings. The predicted octanol–water partition coefficient (Wildman–Crippen LogP) is 3.25. The number of aryl methyl sites for hydroxylation is 1. The summed E-state index contributed by atoms with van der Waals surface area (Å²) in [6, 6.07) is 8.46. The Bertz CT molecular complexity index is 453. The van der Waals surface area contributed by atoms with E-state index in [1.165, 1.54) is 11.1 Å². The van der Waals surface area contributed by atoms with E-state index in [0.29, 0.717) is 5.92 Å². The van der Waals surface area contributed by atoms with E-state index in [4.69, 9.17) is 0 Å². The zero-order valence-corrected chi connectivity index (χ0v) is 13.0. The summed E-state index contributed by atoms with van der Waals surface area (Å²) in [4.78, 5) is 14.6. The highest BCUT2D eigenvalue weighted by atomic mass is 16.2. The minimum absolute atomic E-state index is 0.0231. The first-order valence-corrected chi connectivity index (χ1v) is 7.66. The van der Waals surface area contributed by atoms with Gasteiger partial charge in [0.15, 0.2) is 0 Å². The lowest BCUT2D eigenvalue weighted by molar-refractivity contribution is -0.130. The summed E-state index contributed by atoms with van der Waals surface area (Å²) in [6.07, 6.45) is 1.97. The molecule has 0 aromatic heterocycles. The lowest BCUT2D eigenvalue weighted by Gasteiger charge is -2.26. The Labute approximate surface area is 122 Å². The van der Waals surface area contributed by atoms with Crippen molar-refractivity contribution in [3.63, 3.8) is 0 Å².